The highest BCUT2D eigenvalue weighted by molar-refractivity contribution is 5.83. The van der Waals surface area contributed by atoms with Crippen molar-refractivity contribution in [3.8, 4) is 11.1 Å². The van der Waals surface area contributed by atoms with Crippen molar-refractivity contribution >= 4 is 5.91 Å². The van der Waals surface area contributed by atoms with E-state index in [0.29, 0.717) is 13.0 Å². The number of likely N-dealkylation sites (tertiary alicyclic amines) is 1. The smallest absolute Gasteiger partial charge is 0.228 e. The number of nitrogens with zero attached hydrogens (tertiary/aromatic N) is 3. The molecule has 5 nitrogen and oxygen atoms in total. The Morgan fingerprint density at radius 3 is 2.53 bits per heavy atom. The Hall–Kier alpha value is -3.31. The number of benzene rings is 1. The minimum Gasteiger partial charge on any atom is -0.352 e. The van der Waals surface area contributed by atoms with Crippen LogP contribution in [0.1, 0.15) is 24.0 Å². The predicted octanol–water partition coefficient (Wildman–Crippen LogP) is 4.27. The first kappa shape index (κ1) is 21.9. The molecule has 1 aliphatic heterocycles. The Morgan fingerprint density at radius 1 is 1.03 bits per heavy atom. The number of aromatic nitrogens is 2. The van der Waals surface area contributed by atoms with Gasteiger partial charge in [-0.05, 0) is 72.3 Å². The second-order valence-electron chi connectivity index (χ2n) is 8.56. The van der Waals surface area contributed by atoms with E-state index in [0.717, 1.165) is 43.6 Å². The van der Waals surface area contributed by atoms with Crippen molar-refractivity contribution in [1.82, 2.24) is 20.2 Å². The van der Waals surface area contributed by atoms with Gasteiger partial charge in [0.15, 0.2) is 0 Å². The van der Waals surface area contributed by atoms with Gasteiger partial charge in [-0.1, -0.05) is 30.3 Å². The molecule has 0 spiro atoms. The third-order valence-corrected chi connectivity index (χ3v) is 6.18. The largest absolute Gasteiger partial charge is 0.352 e. The fourth-order valence-corrected chi connectivity index (χ4v) is 4.67. The molecule has 1 N–H and O–H groups in total. The topological polar surface area (TPSA) is 58.1 Å². The number of hydrogen-bond acceptors (Lipinski definition) is 4. The lowest BCUT2D eigenvalue weighted by Gasteiger charge is -2.42. The van der Waals surface area contributed by atoms with E-state index in [9.17, 15) is 4.79 Å². The Labute approximate surface area is 190 Å². The van der Waals surface area contributed by atoms with Gasteiger partial charge >= 0.3 is 0 Å². The van der Waals surface area contributed by atoms with E-state index in [1.54, 1.807) is 6.08 Å². The van der Waals surface area contributed by atoms with Crippen LogP contribution in [0, 0.1) is 5.41 Å². The normalized spacial score (nSPS) is 18.8. The van der Waals surface area contributed by atoms with Gasteiger partial charge in [0.2, 0.25) is 5.91 Å². The summed E-state index contributed by atoms with van der Waals surface area (Å²) in [6.45, 7) is 6.81. The van der Waals surface area contributed by atoms with Crippen LogP contribution in [0.25, 0.3) is 11.1 Å². The molecule has 1 amide bonds. The van der Waals surface area contributed by atoms with Crippen LogP contribution in [0.4, 0.5) is 0 Å². The zero-order valence-electron chi connectivity index (χ0n) is 18.4. The molecule has 0 saturated carbocycles. The Balaban J connectivity index is 1.59. The van der Waals surface area contributed by atoms with Gasteiger partial charge in [-0.15, -0.1) is 6.58 Å². The summed E-state index contributed by atoms with van der Waals surface area (Å²) in [5, 5.41) is 3.09. The van der Waals surface area contributed by atoms with Crippen LogP contribution in [0.15, 0.2) is 86.0 Å². The number of hydrogen-bond donors (Lipinski definition) is 1. The van der Waals surface area contributed by atoms with Crippen LogP contribution in [-0.4, -0.2) is 40.4 Å². The number of nitrogens with one attached hydrogen (secondary N) is 1. The molecule has 4 rings (SSSR count). The minimum atomic E-state index is -0.467. The molecular weight excluding hydrogens is 396 g/mol. The van der Waals surface area contributed by atoms with Gasteiger partial charge in [0, 0.05) is 44.4 Å². The molecule has 2 aromatic heterocycles. The molecule has 1 aromatic carbocycles. The Bertz CT molecular complexity index is 1040. The maximum atomic E-state index is 13.4. The lowest BCUT2D eigenvalue weighted by molar-refractivity contribution is -0.134. The molecule has 164 valence electrons. The molecule has 1 saturated heterocycles. The molecule has 0 bridgehead atoms. The maximum absolute atomic E-state index is 13.4. The van der Waals surface area contributed by atoms with Gasteiger partial charge < -0.3 is 5.32 Å². The lowest BCUT2D eigenvalue weighted by Crippen LogP contribution is -2.53. The number of amides is 1. The van der Waals surface area contributed by atoms with Gasteiger partial charge in [-0.3, -0.25) is 19.7 Å². The van der Waals surface area contributed by atoms with E-state index < -0.39 is 5.41 Å². The van der Waals surface area contributed by atoms with Gasteiger partial charge in [0.1, 0.15) is 0 Å². The first-order valence-corrected chi connectivity index (χ1v) is 11.2. The highest BCUT2D eigenvalue weighted by Gasteiger charge is 2.42. The van der Waals surface area contributed by atoms with E-state index in [1.807, 2.05) is 49.1 Å². The van der Waals surface area contributed by atoms with Crippen molar-refractivity contribution in [3.05, 3.63) is 97.1 Å². The Kier molecular flexibility index (Phi) is 7.07. The second-order valence-corrected chi connectivity index (χ2v) is 8.56. The second kappa shape index (κ2) is 10.3. The molecule has 1 fully saturated rings. The molecule has 0 radical (unpaired) electrons. The van der Waals surface area contributed by atoms with Crippen molar-refractivity contribution < 1.29 is 4.79 Å². The quantitative estimate of drug-likeness (QED) is 0.547. The third-order valence-electron chi connectivity index (χ3n) is 6.18. The van der Waals surface area contributed by atoms with Crippen molar-refractivity contribution in [2.24, 2.45) is 5.41 Å². The van der Waals surface area contributed by atoms with E-state index in [-0.39, 0.29) is 5.91 Å². The lowest BCUT2D eigenvalue weighted by atomic mass is 9.74. The van der Waals surface area contributed by atoms with Gasteiger partial charge in [0.05, 0.1) is 5.41 Å². The van der Waals surface area contributed by atoms with Crippen LogP contribution >= 0.6 is 0 Å². The zero-order chi connectivity index (χ0) is 22.2. The van der Waals surface area contributed by atoms with E-state index in [2.05, 4.69) is 51.0 Å². The number of piperidine rings is 1. The number of carbonyl (C=O) groups excluding carboxylic acids is 1. The molecule has 3 heterocycles. The molecule has 1 atom stereocenters. The van der Waals surface area contributed by atoms with E-state index >= 15 is 0 Å². The predicted molar refractivity (Wildman–Crippen MR) is 128 cm³/mol. The SMILES string of the molecule is C=CCNC(=O)[C@]1(Cc2cccc(-c3ccncc3)c2)CCCN(Cc2ccncc2)C1. The first-order valence-electron chi connectivity index (χ1n) is 11.2. The van der Waals surface area contributed by atoms with Crippen LogP contribution < -0.4 is 5.32 Å². The molecular formula is C27H30N4O. The molecule has 0 aliphatic carbocycles. The minimum absolute atomic E-state index is 0.117. The van der Waals surface area contributed by atoms with Crippen molar-refractivity contribution in [1.29, 1.82) is 0 Å². The summed E-state index contributed by atoms with van der Waals surface area (Å²) in [6.07, 6.45) is 11.6. The van der Waals surface area contributed by atoms with Crippen molar-refractivity contribution in [2.75, 3.05) is 19.6 Å². The highest BCUT2D eigenvalue weighted by atomic mass is 16.2. The summed E-state index contributed by atoms with van der Waals surface area (Å²) < 4.78 is 0. The number of rotatable bonds is 8. The Morgan fingerprint density at radius 2 is 1.78 bits per heavy atom. The highest BCUT2D eigenvalue weighted by Crippen LogP contribution is 2.35. The van der Waals surface area contributed by atoms with Gasteiger partial charge in [0.25, 0.3) is 0 Å². The molecule has 3 aromatic rings. The van der Waals surface area contributed by atoms with Crippen molar-refractivity contribution in [3.63, 3.8) is 0 Å². The molecule has 1 aliphatic rings. The average Bonchev–Trinajstić information content (AvgIpc) is 2.84. The summed E-state index contributed by atoms with van der Waals surface area (Å²) >= 11 is 0. The van der Waals surface area contributed by atoms with Crippen molar-refractivity contribution in [2.45, 2.75) is 25.8 Å². The maximum Gasteiger partial charge on any atom is 0.228 e. The van der Waals surface area contributed by atoms with Crippen LogP contribution in [0.3, 0.4) is 0 Å². The molecule has 5 heteroatoms. The van der Waals surface area contributed by atoms with Crippen LogP contribution in [0.5, 0.6) is 0 Å². The third kappa shape index (κ3) is 5.29. The summed E-state index contributed by atoms with van der Waals surface area (Å²) in [6, 6.07) is 16.7. The standard InChI is InChI=1S/C27H30N4O/c1-2-12-30-26(32)27(11-4-17-31(21-27)20-22-7-13-28-14-8-22)19-23-5-3-6-25(18-23)24-9-15-29-16-10-24/h2-3,5-10,13-16,18H,1,4,11-12,17,19-21H2,(H,30,32)/t27-/m0/s1. The first-order chi connectivity index (χ1) is 15.7. The van der Waals surface area contributed by atoms with Crippen LogP contribution in [-0.2, 0) is 17.8 Å². The summed E-state index contributed by atoms with van der Waals surface area (Å²) in [4.78, 5) is 24.1. The van der Waals surface area contributed by atoms with Gasteiger partial charge in [-0.2, -0.15) is 0 Å². The summed E-state index contributed by atoms with van der Waals surface area (Å²) in [7, 11) is 0. The fraction of sp³-hybridized carbons (Fsp3) is 0.296. The van der Waals surface area contributed by atoms with Gasteiger partial charge in [-0.25, -0.2) is 0 Å². The average molecular weight is 427 g/mol. The number of carbonyl (C=O) groups is 1. The van der Waals surface area contributed by atoms with E-state index in [4.69, 9.17) is 0 Å². The number of pyridine rings is 2. The van der Waals surface area contributed by atoms with E-state index in [1.165, 1.54) is 11.1 Å². The summed E-state index contributed by atoms with van der Waals surface area (Å²) in [5.41, 5.74) is 4.22. The fourth-order valence-electron chi connectivity index (χ4n) is 4.67. The molecule has 0 unspecified atom stereocenters. The van der Waals surface area contributed by atoms with Crippen LogP contribution in [0.2, 0.25) is 0 Å². The monoisotopic (exact) mass is 426 g/mol. The zero-order valence-corrected chi connectivity index (χ0v) is 18.4. The summed E-state index contributed by atoms with van der Waals surface area (Å²) in [5.74, 6) is 0.117. The molecule has 32 heavy (non-hydrogen) atoms.